The maximum absolute atomic E-state index is 12.9. The van der Waals surface area contributed by atoms with Gasteiger partial charge in [-0.1, -0.05) is 17.8 Å². The van der Waals surface area contributed by atoms with E-state index in [1.54, 1.807) is 35.1 Å². The third-order valence-electron chi connectivity index (χ3n) is 3.95. The predicted octanol–water partition coefficient (Wildman–Crippen LogP) is 4.40. The first-order valence-electron chi connectivity index (χ1n) is 7.90. The molecular formula is C18H14N2O4S3. The van der Waals surface area contributed by atoms with Crippen molar-refractivity contribution >= 4 is 50.6 Å². The Morgan fingerprint density at radius 2 is 2.19 bits per heavy atom. The summed E-state index contributed by atoms with van der Waals surface area (Å²) in [6, 6.07) is 7.27. The van der Waals surface area contributed by atoms with Gasteiger partial charge in [-0.05, 0) is 23.6 Å². The van der Waals surface area contributed by atoms with Crippen molar-refractivity contribution in [2.75, 3.05) is 7.11 Å². The monoisotopic (exact) mass is 418 g/mol. The SMILES string of the molecule is COC(=O)c1ccc(CSc2nc3scc(-c4cccs4)c3c(=O)n2C)o1. The van der Waals surface area contributed by atoms with E-state index >= 15 is 0 Å². The smallest absolute Gasteiger partial charge is 0.373 e. The van der Waals surface area contributed by atoms with E-state index in [4.69, 9.17) is 4.42 Å². The Kier molecular flexibility index (Phi) is 4.90. The molecule has 0 aliphatic carbocycles. The molecular weight excluding hydrogens is 404 g/mol. The van der Waals surface area contributed by atoms with Crippen LogP contribution in [0.25, 0.3) is 20.7 Å². The highest BCUT2D eigenvalue weighted by Crippen LogP contribution is 2.34. The molecule has 0 N–H and O–H groups in total. The number of furan rings is 1. The molecule has 0 aromatic carbocycles. The molecule has 0 unspecified atom stereocenters. The lowest BCUT2D eigenvalue weighted by molar-refractivity contribution is 0.0563. The van der Waals surface area contributed by atoms with E-state index in [0.29, 0.717) is 22.1 Å². The van der Waals surface area contributed by atoms with Gasteiger partial charge in [0, 0.05) is 22.9 Å². The molecule has 4 aromatic heterocycles. The lowest BCUT2D eigenvalue weighted by atomic mass is 10.2. The summed E-state index contributed by atoms with van der Waals surface area (Å²) in [5, 5.41) is 5.23. The van der Waals surface area contributed by atoms with Crippen LogP contribution in [-0.4, -0.2) is 22.6 Å². The summed E-state index contributed by atoms with van der Waals surface area (Å²) in [6.45, 7) is 0. The summed E-state index contributed by atoms with van der Waals surface area (Å²) < 4.78 is 11.7. The normalized spacial score (nSPS) is 11.2. The van der Waals surface area contributed by atoms with Gasteiger partial charge in [0.1, 0.15) is 10.6 Å². The number of rotatable bonds is 5. The van der Waals surface area contributed by atoms with Gasteiger partial charge >= 0.3 is 5.97 Å². The fourth-order valence-electron chi connectivity index (χ4n) is 2.60. The number of aromatic nitrogens is 2. The molecule has 0 aliphatic heterocycles. The van der Waals surface area contributed by atoms with Crippen molar-refractivity contribution in [3.8, 4) is 10.4 Å². The number of carbonyl (C=O) groups is 1. The van der Waals surface area contributed by atoms with Crippen LogP contribution in [0.5, 0.6) is 0 Å². The minimum absolute atomic E-state index is 0.0677. The van der Waals surface area contributed by atoms with Crippen LogP contribution in [0.4, 0.5) is 0 Å². The number of carbonyl (C=O) groups excluding carboxylic acids is 1. The molecule has 0 bridgehead atoms. The molecule has 4 aromatic rings. The molecule has 0 fully saturated rings. The largest absolute Gasteiger partial charge is 0.463 e. The highest BCUT2D eigenvalue weighted by atomic mass is 32.2. The van der Waals surface area contributed by atoms with Crippen LogP contribution in [0.15, 0.2) is 49.4 Å². The Balaban J connectivity index is 1.63. The summed E-state index contributed by atoms with van der Waals surface area (Å²) >= 11 is 4.45. The zero-order valence-electron chi connectivity index (χ0n) is 14.4. The number of nitrogens with zero attached hydrogens (tertiary/aromatic N) is 2. The Labute approximate surface area is 166 Å². The summed E-state index contributed by atoms with van der Waals surface area (Å²) in [5.41, 5.74) is 0.866. The Hall–Kier alpha value is -2.36. The van der Waals surface area contributed by atoms with Gasteiger partial charge in [0.25, 0.3) is 5.56 Å². The fraction of sp³-hybridized carbons (Fsp3) is 0.167. The Morgan fingerprint density at radius 3 is 2.93 bits per heavy atom. The van der Waals surface area contributed by atoms with Gasteiger partial charge < -0.3 is 9.15 Å². The van der Waals surface area contributed by atoms with Gasteiger partial charge in [-0.25, -0.2) is 9.78 Å². The zero-order valence-corrected chi connectivity index (χ0v) is 16.9. The topological polar surface area (TPSA) is 74.3 Å². The van der Waals surface area contributed by atoms with Gasteiger partial charge in [-0.2, -0.15) is 0 Å². The second-order valence-corrected chi connectivity index (χ2v) is 8.36. The molecule has 0 spiro atoms. The van der Waals surface area contributed by atoms with E-state index in [1.165, 1.54) is 30.2 Å². The predicted molar refractivity (Wildman–Crippen MR) is 108 cm³/mol. The summed E-state index contributed by atoms with van der Waals surface area (Å²) in [7, 11) is 3.02. The zero-order chi connectivity index (χ0) is 19.0. The maximum atomic E-state index is 12.9. The lowest BCUT2D eigenvalue weighted by Gasteiger charge is -2.06. The number of ether oxygens (including phenoxy) is 1. The molecule has 4 rings (SSSR count). The first kappa shape index (κ1) is 18.0. The van der Waals surface area contributed by atoms with Crippen LogP contribution < -0.4 is 5.56 Å². The van der Waals surface area contributed by atoms with Gasteiger partial charge in [-0.15, -0.1) is 22.7 Å². The van der Waals surface area contributed by atoms with Crippen molar-refractivity contribution in [3.05, 3.63) is 56.9 Å². The Morgan fingerprint density at radius 1 is 1.33 bits per heavy atom. The van der Waals surface area contributed by atoms with Crippen molar-refractivity contribution in [3.63, 3.8) is 0 Å². The third-order valence-corrected chi connectivity index (χ3v) is 6.78. The van der Waals surface area contributed by atoms with Crippen LogP contribution in [0.1, 0.15) is 16.3 Å². The number of methoxy groups -OCH3 is 1. The van der Waals surface area contributed by atoms with Gasteiger partial charge in [0.15, 0.2) is 5.16 Å². The molecule has 0 saturated heterocycles. The first-order chi connectivity index (χ1) is 13.1. The van der Waals surface area contributed by atoms with Crippen molar-refractivity contribution in [1.82, 2.24) is 9.55 Å². The minimum atomic E-state index is -0.516. The van der Waals surface area contributed by atoms with E-state index in [9.17, 15) is 9.59 Å². The molecule has 0 radical (unpaired) electrons. The second-order valence-electron chi connectivity index (χ2n) is 5.61. The van der Waals surface area contributed by atoms with Crippen LogP contribution >= 0.6 is 34.4 Å². The van der Waals surface area contributed by atoms with Crippen LogP contribution in [-0.2, 0) is 17.5 Å². The average Bonchev–Trinajstić information content (AvgIpc) is 3.42. The third kappa shape index (κ3) is 3.33. The average molecular weight is 419 g/mol. The van der Waals surface area contributed by atoms with Crippen molar-refractivity contribution < 1.29 is 13.9 Å². The molecule has 0 saturated carbocycles. The molecule has 0 atom stereocenters. The highest BCUT2D eigenvalue weighted by molar-refractivity contribution is 7.98. The molecule has 4 heterocycles. The van der Waals surface area contributed by atoms with E-state index in [0.717, 1.165) is 15.3 Å². The van der Waals surface area contributed by atoms with E-state index in [-0.39, 0.29) is 11.3 Å². The molecule has 0 aliphatic rings. The quantitative estimate of drug-likeness (QED) is 0.272. The molecule has 6 nitrogen and oxygen atoms in total. The fourth-order valence-corrected chi connectivity index (χ4v) is 5.27. The number of esters is 1. The first-order valence-corrected chi connectivity index (χ1v) is 10.6. The summed E-state index contributed by atoms with van der Waals surface area (Å²) in [4.78, 5) is 30.8. The second kappa shape index (κ2) is 7.34. The molecule has 9 heteroatoms. The van der Waals surface area contributed by atoms with Crippen molar-refractivity contribution in [2.45, 2.75) is 10.9 Å². The van der Waals surface area contributed by atoms with Gasteiger partial charge in [0.05, 0.1) is 18.2 Å². The lowest BCUT2D eigenvalue weighted by Crippen LogP contribution is -2.19. The van der Waals surface area contributed by atoms with E-state index in [2.05, 4.69) is 9.72 Å². The molecule has 0 amide bonds. The number of hydrogen-bond acceptors (Lipinski definition) is 8. The number of thiophene rings is 2. The van der Waals surface area contributed by atoms with Crippen LogP contribution in [0.3, 0.4) is 0 Å². The van der Waals surface area contributed by atoms with Gasteiger partial charge in [0.2, 0.25) is 5.76 Å². The minimum Gasteiger partial charge on any atom is -0.463 e. The van der Waals surface area contributed by atoms with Crippen LogP contribution in [0.2, 0.25) is 0 Å². The van der Waals surface area contributed by atoms with Gasteiger partial charge in [-0.3, -0.25) is 9.36 Å². The summed E-state index contributed by atoms with van der Waals surface area (Å²) in [5.74, 6) is 0.702. The highest BCUT2D eigenvalue weighted by Gasteiger charge is 2.17. The van der Waals surface area contributed by atoms with E-state index in [1.807, 2.05) is 22.9 Å². The number of fused-ring (bicyclic) bond motifs is 1. The number of hydrogen-bond donors (Lipinski definition) is 0. The molecule has 27 heavy (non-hydrogen) atoms. The Bertz CT molecular complexity index is 1170. The molecule has 138 valence electrons. The standard InChI is InChI=1S/C18H14N2O4S3/c1-20-16(21)14-11(13-4-3-7-25-13)9-26-15(14)19-18(20)27-8-10-5-6-12(24-10)17(22)23-2/h3-7,9H,8H2,1-2H3. The number of thioether (sulfide) groups is 1. The van der Waals surface area contributed by atoms with Crippen molar-refractivity contribution in [2.24, 2.45) is 7.05 Å². The van der Waals surface area contributed by atoms with Crippen molar-refractivity contribution in [1.29, 1.82) is 0 Å². The van der Waals surface area contributed by atoms with E-state index < -0.39 is 5.97 Å². The maximum Gasteiger partial charge on any atom is 0.373 e. The summed E-state index contributed by atoms with van der Waals surface area (Å²) in [6.07, 6.45) is 0. The van der Waals surface area contributed by atoms with Crippen LogP contribution in [0, 0.1) is 0 Å².